The Bertz CT molecular complexity index is 527. The topological polar surface area (TPSA) is 99.7 Å². The average molecular weight is 293 g/mol. The van der Waals surface area contributed by atoms with Gasteiger partial charge in [-0.25, -0.2) is 9.59 Å². The lowest BCUT2D eigenvalue weighted by molar-refractivity contribution is 0.0697. The van der Waals surface area contributed by atoms with E-state index in [0.29, 0.717) is 5.75 Å². The number of anilines is 1. The fourth-order valence-corrected chi connectivity index (χ4v) is 2.25. The third kappa shape index (κ3) is 4.09. The molecule has 0 radical (unpaired) electrons. The van der Waals surface area contributed by atoms with Gasteiger partial charge in [0.25, 0.3) is 0 Å². The van der Waals surface area contributed by atoms with E-state index >= 15 is 0 Å². The highest BCUT2D eigenvalue weighted by Gasteiger charge is 2.17. The van der Waals surface area contributed by atoms with Crippen molar-refractivity contribution in [2.24, 2.45) is 0 Å². The molecule has 1 aliphatic heterocycles. The Morgan fingerprint density at radius 1 is 1.33 bits per heavy atom. The second kappa shape index (κ2) is 6.94. The summed E-state index contributed by atoms with van der Waals surface area (Å²) in [5.74, 6) is -0.692. The van der Waals surface area contributed by atoms with Crippen LogP contribution in [0.5, 0.6) is 5.75 Å². The van der Waals surface area contributed by atoms with Crippen molar-refractivity contribution in [3.05, 3.63) is 23.8 Å². The van der Waals surface area contributed by atoms with Crippen LogP contribution >= 0.6 is 0 Å². The van der Waals surface area contributed by atoms with E-state index in [9.17, 15) is 14.7 Å². The van der Waals surface area contributed by atoms with Crippen molar-refractivity contribution in [3.8, 4) is 5.75 Å². The van der Waals surface area contributed by atoms with Crippen LogP contribution in [0.1, 0.15) is 23.2 Å². The molecule has 0 aliphatic carbocycles. The van der Waals surface area contributed by atoms with Crippen molar-refractivity contribution in [1.29, 1.82) is 0 Å². The van der Waals surface area contributed by atoms with Crippen LogP contribution in [-0.2, 0) is 0 Å². The number of carboxylic acid groups (broad SMARTS) is 1. The minimum atomic E-state index is -1.12. The van der Waals surface area contributed by atoms with Crippen molar-refractivity contribution >= 4 is 17.7 Å². The Hall–Kier alpha value is -2.28. The highest BCUT2D eigenvalue weighted by Crippen LogP contribution is 2.22. The number of hydrogen-bond donors (Lipinski definition) is 4. The lowest BCUT2D eigenvalue weighted by Crippen LogP contribution is -2.44. The molecule has 1 heterocycles. The van der Waals surface area contributed by atoms with Crippen LogP contribution < -0.4 is 20.7 Å². The first-order valence-corrected chi connectivity index (χ1v) is 6.79. The van der Waals surface area contributed by atoms with Gasteiger partial charge in [0.15, 0.2) is 0 Å². The van der Waals surface area contributed by atoms with Crippen LogP contribution in [0.2, 0.25) is 0 Å². The molecule has 0 bridgehead atoms. The fourth-order valence-electron chi connectivity index (χ4n) is 2.25. The van der Waals surface area contributed by atoms with Gasteiger partial charge < -0.3 is 25.8 Å². The molecule has 1 aromatic carbocycles. The lowest BCUT2D eigenvalue weighted by Gasteiger charge is -2.24. The maximum atomic E-state index is 11.9. The molecule has 0 unspecified atom stereocenters. The summed E-state index contributed by atoms with van der Waals surface area (Å²) in [4.78, 5) is 23.2. The number of carbonyl (C=O) groups excluding carboxylic acids is 1. The number of methoxy groups -OCH3 is 1. The molecule has 4 N–H and O–H groups in total. The number of benzene rings is 1. The average Bonchev–Trinajstić information content (AvgIpc) is 2.48. The molecule has 1 fully saturated rings. The number of carboxylic acids is 1. The van der Waals surface area contributed by atoms with E-state index in [4.69, 9.17) is 4.74 Å². The largest absolute Gasteiger partial charge is 0.497 e. The zero-order valence-electron chi connectivity index (χ0n) is 11.8. The van der Waals surface area contributed by atoms with Gasteiger partial charge in [0.2, 0.25) is 0 Å². The van der Waals surface area contributed by atoms with Gasteiger partial charge in [0.1, 0.15) is 5.75 Å². The Morgan fingerprint density at radius 2 is 2.05 bits per heavy atom. The zero-order chi connectivity index (χ0) is 15.2. The number of piperidine rings is 1. The molecule has 7 heteroatoms. The molecule has 2 amide bonds. The molecule has 2 rings (SSSR count). The van der Waals surface area contributed by atoms with Crippen molar-refractivity contribution in [3.63, 3.8) is 0 Å². The smallest absolute Gasteiger partial charge is 0.337 e. The fraction of sp³-hybridized carbons (Fsp3) is 0.429. The summed E-state index contributed by atoms with van der Waals surface area (Å²) in [6.45, 7) is 1.74. The summed E-state index contributed by atoms with van der Waals surface area (Å²) in [7, 11) is 1.46. The normalized spacial score (nSPS) is 15.3. The maximum absolute atomic E-state index is 11.9. The summed E-state index contributed by atoms with van der Waals surface area (Å²) in [5, 5.41) is 17.8. The molecule has 0 aromatic heterocycles. The van der Waals surface area contributed by atoms with Gasteiger partial charge in [-0.15, -0.1) is 0 Å². The number of nitrogens with one attached hydrogen (secondary N) is 3. The van der Waals surface area contributed by atoms with Crippen molar-refractivity contribution in [1.82, 2.24) is 10.6 Å². The van der Waals surface area contributed by atoms with Crippen LogP contribution in [0.3, 0.4) is 0 Å². The molecule has 1 aromatic rings. The van der Waals surface area contributed by atoms with Crippen LogP contribution in [0.25, 0.3) is 0 Å². The molecule has 0 atom stereocenters. The van der Waals surface area contributed by atoms with E-state index < -0.39 is 12.0 Å². The van der Waals surface area contributed by atoms with Gasteiger partial charge in [-0.1, -0.05) is 0 Å². The van der Waals surface area contributed by atoms with Crippen molar-refractivity contribution in [2.75, 3.05) is 25.5 Å². The summed E-state index contributed by atoms with van der Waals surface area (Å²) in [5.41, 5.74) is 0.240. The zero-order valence-corrected chi connectivity index (χ0v) is 11.8. The minimum Gasteiger partial charge on any atom is -0.497 e. The van der Waals surface area contributed by atoms with E-state index in [0.717, 1.165) is 25.9 Å². The van der Waals surface area contributed by atoms with Gasteiger partial charge in [-0.2, -0.15) is 0 Å². The molecule has 0 spiro atoms. The van der Waals surface area contributed by atoms with Crippen molar-refractivity contribution in [2.45, 2.75) is 18.9 Å². The predicted molar refractivity (Wildman–Crippen MR) is 78.0 cm³/mol. The Kier molecular flexibility index (Phi) is 4.99. The lowest BCUT2D eigenvalue weighted by atomic mass is 10.1. The van der Waals surface area contributed by atoms with Crippen molar-refractivity contribution < 1.29 is 19.4 Å². The molecule has 0 saturated carbocycles. The third-order valence-electron chi connectivity index (χ3n) is 3.38. The number of urea groups is 1. The number of ether oxygens (including phenoxy) is 1. The Morgan fingerprint density at radius 3 is 2.67 bits per heavy atom. The second-order valence-electron chi connectivity index (χ2n) is 4.84. The first-order chi connectivity index (χ1) is 10.1. The van der Waals surface area contributed by atoms with Gasteiger partial charge in [0, 0.05) is 6.04 Å². The van der Waals surface area contributed by atoms with Gasteiger partial charge in [-0.05, 0) is 44.1 Å². The number of carbonyl (C=O) groups is 2. The highest BCUT2D eigenvalue weighted by atomic mass is 16.5. The minimum absolute atomic E-state index is 0.00480. The Labute approximate surface area is 122 Å². The third-order valence-corrected chi connectivity index (χ3v) is 3.38. The summed E-state index contributed by atoms with van der Waals surface area (Å²) >= 11 is 0. The molecule has 1 saturated heterocycles. The SMILES string of the molecule is COc1ccc(NC(=O)NC2CCNCC2)c(C(=O)O)c1. The first kappa shape index (κ1) is 15.1. The van der Waals surface area contributed by atoms with Crippen LogP contribution in [0.15, 0.2) is 18.2 Å². The quantitative estimate of drug-likeness (QED) is 0.670. The van der Waals surface area contributed by atoms with E-state index in [2.05, 4.69) is 16.0 Å². The predicted octanol–water partition coefficient (Wildman–Crippen LogP) is 1.27. The number of rotatable bonds is 4. The molecule has 7 nitrogen and oxygen atoms in total. The Balaban J connectivity index is 2.04. The molecule has 114 valence electrons. The first-order valence-electron chi connectivity index (χ1n) is 6.79. The van der Waals surface area contributed by atoms with Gasteiger partial charge in [0.05, 0.1) is 18.4 Å². The summed E-state index contributed by atoms with van der Waals surface area (Å²) in [6.07, 6.45) is 1.73. The van der Waals surface area contributed by atoms with E-state index in [-0.39, 0.29) is 17.3 Å². The van der Waals surface area contributed by atoms with Gasteiger partial charge in [-0.3, -0.25) is 0 Å². The molecule has 21 heavy (non-hydrogen) atoms. The molecular formula is C14H19N3O4. The monoisotopic (exact) mass is 293 g/mol. The number of amides is 2. The maximum Gasteiger partial charge on any atom is 0.337 e. The summed E-state index contributed by atoms with van der Waals surface area (Å²) < 4.78 is 4.99. The van der Waals surface area contributed by atoms with Crippen LogP contribution in [-0.4, -0.2) is 43.3 Å². The van der Waals surface area contributed by atoms with E-state index in [1.54, 1.807) is 6.07 Å². The highest BCUT2D eigenvalue weighted by molar-refractivity contribution is 6.00. The summed E-state index contributed by atoms with van der Waals surface area (Å²) in [6, 6.07) is 4.21. The number of hydrogen-bond acceptors (Lipinski definition) is 4. The van der Waals surface area contributed by atoms with E-state index in [1.807, 2.05) is 0 Å². The number of aromatic carboxylic acids is 1. The van der Waals surface area contributed by atoms with Gasteiger partial charge >= 0.3 is 12.0 Å². The second-order valence-corrected chi connectivity index (χ2v) is 4.84. The van der Waals surface area contributed by atoms with Crippen LogP contribution in [0, 0.1) is 0 Å². The van der Waals surface area contributed by atoms with E-state index in [1.165, 1.54) is 19.2 Å². The molecule has 1 aliphatic rings. The molecular weight excluding hydrogens is 274 g/mol. The van der Waals surface area contributed by atoms with Crippen LogP contribution in [0.4, 0.5) is 10.5 Å². The standard InChI is InChI=1S/C14H19N3O4/c1-21-10-2-3-12(11(8-10)13(18)19)17-14(20)16-9-4-6-15-7-5-9/h2-3,8-9,15H,4-7H2,1H3,(H,18,19)(H2,16,17,20).